The number of anilines is 1. The summed E-state index contributed by atoms with van der Waals surface area (Å²) in [6.45, 7) is 5.54. The number of halogens is 1. The van der Waals surface area contributed by atoms with Crippen LogP contribution in [0, 0.1) is 17.1 Å². The van der Waals surface area contributed by atoms with Crippen molar-refractivity contribution in [3.8, 4) is 23.3 Å². The second kappa shape index (κ2) is 11.3. The molecule has 2 aromatic heterocycles. The largest absolute Gasteiger partial charge is 0.462 e. The van der Waals surface area contributed by atoms with E-state index in [1.165, 1.54) is 0 Å². The highest BCUT2D eigenvalue weighted by Crippen LogP contribution is 2.36. The second-order valence-corrected chi connectivity index (χ2v) is 10.7. The third-order valence-electron chi connectivity index (χ3n) is 8.24. The van der Waals surface area contributed by atoms with Gasteiger partial charge in [-0.15, -0.1) is 0 Å². The summed E-state index contributed by atoms with van der Waals surface area (Å²) in [6, 6.07) is 14.8. The van der Waals surface area contributed by atoms with Crippen molar-refractivity contribution in [3.05, 3.63) is 54.0 Å². The fourth-order valence-electron chi connectivity index (χ4n) is 6.05. The molecule has 0 unspecified atom stereocenters. The molecule has 2 aliphatic heterocycles. The van der Waals surface area contributed by atoms with Gasteiger partial charge >= 0.3 is 6.01 Å². The molecule has 8 nitrogen and oxygen atoms in total. The number of nitrogens with one attached hydrogen (secondary N) is 1. The molecule has 0 saturated carbocycles. The van der Waals surface area contributed by atoms with Gasteiger partial charge < -0.3 is 19.9 Å². The topological polar surface area (TPSA) is 90.2 Å². The number of pyridine rings is 1. The fraction of sp³-hybridized carbons (Fsp3) is 0.419. The zero-order valence-corrected chi connectivity index (χ0v) is 23.0. The second-order valence-electron chi connectivity index (χ2n) is 10.7. The highest BCUT2D eigenvalue weighted by Gasteiger charge is 2.27. The standard InChI is InChI=1S/C31H34FN7O/c1-3-20-7-4-8-21-9-5-11-24(26(20)21)28-27(32)29-25(17-35-28)30(39-16-14-34-22(18-39)12-13-33)37-31(36-29)40-19-23-10-6-15-38(23)2/h4-5,7-9,11,17,22-23,34H,3,6,10,12,14-16,18-19H2,1-2H3/t22-,23-/m0/s1. The predicted molar refractivity (Wildman–Crippen MR) is 155 cm³/mol. The number of nitrogens with zero attached hydrogens (tertiary/aromatic N) is 6. The van der Waals surface area contributed by atoms with Crippen molar-refractivity contribution in [3.63, 3.8) is 0 Å². The number of benzene rings is 2. The van der Waals surface area contributed by atoms with E-state index in [4.69, 9.17) is 9.72 Å². The first-order valence-corrected chi connectivity index (χ1v) is 14.1. The number of rotatable bonds is 7. The number of aromatic nitrogens is 3. The first-order chi connectivity index (χ1) is 19.6. The molecule has 2 aliphatic rings. The average Bonchev–Trinajstić information content (AvgIpc) is 3.40. The molecule has 4 heterocycles. The maximum Gasteiger partial charge on any atom is 0.319 e. The van der Waals surface area contributed by atoms with Gasteiger partial charge in [-0.25, -0.2) is 4.39 Å². The number of likely N-dealkylation sites (N-methyl/N-ethyl adjacent to an activating group) is 1. The quantitative estimate of drug-likeness (QED) is 0.361. The molecular formula is C31H34FN7O. The minimum absolute atomic E-state index is 0.000462. The Hall–Kier alpha value is -3.87. The molecule has 2 aromatic carbocycles. The van der Waals surface area contributed by atoms with Crippen LogP contribution in [0.3, 0.4) is 0 Å². The monoisotopic (exact) mass is 539 g/mol. The van der Waals surface area contributed by atoms with Crippen molar-refractivity contribution in [2.75, 3.05) is 44.7 Å². The smallest absolute Gasteiger partial charge is 0.319 e. The lowest BCUT2D eigenvalue weighted by Gasteiger charge is -2.34. The van der Waals surface area contributed by atoms with E-state index >= 15 is 4.39 Å². The van der Waals surface area contributed by atoms with Crippen LogP contribution >= 0.6 is 0 Å². The number of aryl methyl sites for hydroxylation is 1. The maximum absolute atomic E-state index is 16.6. The van der Waals surface area contributed by atoms with Gasteiger partial charge in [-0.05, 0) is 49.2 Å². The highest BCUT2D eigenvalue weighted by atomic mass is 19.1. The molecule has 40 heavy (non-hydrogen) atoms. The number of hydrogen-bond acceptors (Lipinski definition) is 8. The van der Waals surface area contributed by atoms with E-state index in [0.29, 0.717) is 43.9 Å². The molecule has 1 N–H and O–H groups in total. The molecule has 206 valence electrons. The molecule has 0 spiro atoms. The third-order valence-corrected chi connectivity index (χ3v) is 8.24. The van der Waals surface area contributed by atoms with Crippen molar-refractivity contribution < 1.29 is 9.13 Å². The summed E-state index contributed by atoms with van der Waals surface area (Å²) in [5.41, 5.74) is 2.37. The van der Waals surface area contributed by atoms with Crippen LogP contribution in [0.1, 0.15) is 31.7 Å². The summed E-state index contributed by atoms with van der Waals surface area (Å²) >= 11 is 0. The van der Waals surface area contributed by atoms with Crippen molar-refractivity contribution in [1.29, 1.82) is 5.26 Å². The number of likely N-dealkylation sites (tertiary alicyclic amines) is 1. The highest BCUT2D eigenvalue weighted by molar-refractivity contribution is 6.00. The summed E-state index contributed by atoms with van der Waals surface area (Å²) in [5.74, 6) is 0.112. The minimum Gasteiger partial charge on any atom is -0.462 e. The molecule has 0 radical (unpaired) electrons. The third kappa shape index (κ3) is 4.93. The van der Waals surface area contributed by atoms with Crippen LogP contribution in [0.25, 0.3) is 32.9 Å². The zero-order valence-electron chi connectivity index (χ0n) is 23.0. The SMILES string of the molecule is CCc1cccc2cccc(-c3ncc4c(N5CCN[C@@H](CC#N)C5)nc(OC[C@@H]5CCCN5C)nc4c3F)c12. The van der Waals surface area contributed by atoms with Crippen LogP contribution in [-0.2, 0) is 6.42 Å². The van der Waals surface area contributed by atoms with E-state index in [2.05, 4.69) is 51.2 Å². The predicted octanol–water partition coefficient (Wildman–Crippen LogP) is 4.71. The van der Waals surface area contributed by atoms with Crippen molar-refractivity contribution in [1.82, 2.24) is 25.2 Å². The van der Waals surface area contributed by atoms with Gasteiger partial charge in [0.25, 0.3) is 0 Å². The van der Waals surface area contributed by atoms with Gasteiger partial charge in [-0.3, -0.25) is 4.98 Å². The molecule has 6 rings (SSSR count). The van der Waals surface area contributed by atoms with Gasteiger partial charge in [0.2, 0.25) is 0 Å². The lowest BCUT2D eigenvalue weighted by molar-refractivity contribution is 0.188. The summed E-state index contributed by atoms with van der Waals surface area (Å²) < 4.78 is 22.7. The van der Waals surface area contributed by atoms with Gasteiger partial charge in [-0.2, -0.15) is 15.2 Å². The summed E-state index contributed by atoms with van der Waals surface area (Å²) in [4.78, 5) is 18.4. The van der Waals surface area contributed by atoms with E-state index in [-0.39, 0.29) is 29.3 Å². The fourth-order valence-corrected chi connectivity index (χ4v) is 6.05. The van der Waals surface area contributed by atoms with E-state index < -0.39 is 5.82 Å². The van der Waals surface area contributed by atoms with Gasteiger partial charge in [-0.1, -0.05) is 43.3 Å². The minimum atomic E-state index is -0.480. The number of piperazine rings is 1. The normalized spacial score (nSPS) is 19.8. The van der Waals surface area contributed by atoms with Crippen molar-refractivity contribution >= 4 is 27.5 Å². The summed E-state index contributed by atoms with van der Waals surface area (Å²) in [6.07, 6.45) is 5.08. The molecule has 4 aromatic rings. The molecule has 2 saturated heterocycles. The summed E-state index contributed by atoms with van der Waals surface area (Å²) in [7, 11) is 2.09. The molecule has 0 aliphatic carbocycles. The first kappa shape index (κ1) is 26.4. The van der Waals surface area contributed by atoms with Crippen LogP contribution in [0.15, 0.2) is 42.6 Å². The molecular weight excluding hydrogens is 505 g/mol. The van der Waals surface area contributed by atoms with Crippen LogP contribution in [0.2, 0.25) is 0 Å². The molecule has 0 amide bonds. The number of hydrogen-bond donors (Lipinski definition) is 1. The summed E-state index contributed by atoms with van der Waals surface area (Å²) in [5, 5.41) is 15.2. The molecule has 2 atom stereocenters. The number of fused-ring (bicyclic) bond motifs is 2. The number of nitriles is 1. The first-order valence-electron chi connectivity index (χ1n) is 14.1. The van der Waals surface area contributed by atoms with Gasteiger partial charge in [0, 0.05) is 43.5 Å². The Morgan fingerprint density at radius 3 is 2.80 bits per heavy atom. The maximum atomic E-state index is 16.6. The van der Waals surface area contributed by atoms with Crippen LogP contribution in [0.5, 0.6) is 6.01 Å². The van der Waals surface area contributed by atoms with Crippen molar-refractivity contribution in [2.45, 2.75) is 44.7 Å². The van der Waals surface area contributed by atoms with Gasteiger partial charge in [0.15, 0.2) is 5.82 Å². The Balaban J connectivity index is 1.48. The lowest BCUT2D eigenvalue weighted by Crippen LogP contribution is -2.51. The van der Waals surface area contributed by atoms with E-state index in [1.54, 1.807) is 6.20 Å². The average molecular weight is 540 g/mol. The Morgan fingerprint density at radius 2 is 2.02 bits per heavy atom. The van der Waals surface area contributed by atoms with Crippen molar-refractivity contribution in [2.24, 2.45) is 0 Å². The number of ether oxygens (including phenoxy) is 1. The van der Waals surface area contributed by atoms with Gasteiger partial charge in [0.1, 0.15) is 23.6 Å². The Morgan fingerprint density at radius 1 is 1.18 bits per heavy atom. The van der Waals surface area contributed by atoms with Gasteiger partial charge in [0.05, 0.1) is 17.9 Å². The Kier molecular flexibility index (Phi) is 7.46. The zero-order chi connectivity index (χ0) is 27.6. The van der Waals surface area contributed by atoms with E-state index in [1.807, 2.05) is 30.3 Å². The Labute approximate surface area is 233 Å². The molecule has 2 fully saturated rings. The molecule has 9 heteroatoms. The lowest BCUT2D eigenvalue weighted by atomic mass is 9.95. The van der Waals surface area contributed by atoms with Crippen LogP contribution < -0.4 is 15.0 Å². The van der Waals surface area contributed by atoms with E-state index in [9.17, 15) is 5.26 Å². The molecule has 0 bridgehead atoms. The van der Waals surface area contributed by atoms with E-state index in [0.717, 1.165) is 47.7 Å². The Bertz CT molecular complexity index is 1580. The van der Waals surface area contributed by atoms with Crippen LogP contribution in [-0.4, -0.2) is 71.8 Å². The van der Waals surface area contributed by atoms with Crippen LogP contribution in [0.4, 0.5) is 10.2 Å².